The first-order chi connectivity index (χ1) is 5.33. The van der Waals surface area contributed by atoms with Gasteiger partial charge < -0.3 is 10.6 Å². The van der Waals surface area contributed by atoms with Crippen LogP contribution in [-0.4, -0.2) is 30.6 Å². The summed E-state index contributed by atoms with van der Waals surface area (Å²) in [5.41, 5.74) is 5.75. The monoisotopic (exact) mass is 152 g/mol. The third-order valence-electron chi connectivity index (χ3n) is 2.04. The molecule has 0 aliphatic carbocycles. The van der Waals surface area contributed by atoms with Crippen molar-refractivity contribution in [1.82, 2.24) is 4.90 Å². The summed E-state index contributed by atoms with van der Waals surface area (Å²) < 4.78 is 0. The van der Waals surface area contributed by atoms with Gasteiger partial charge in [0.15, 0.2) is 0 Å². The van der Waals surface area contributed by atoms with Gasteiger partial charge in [-0.15, -0.1) is 11.8 Å². The second-order valence-electron chi connectivity index (χ2n) is 3.03. The van der Waals surface area contributed by atoms with Gasteiger partial charge in [-0.05, 0) is 19.9 Å². The minimum absolute atomic E-state index is 0.407. The van der Waals surface area contributed by atoms with Crippen molar-refractivity contribution in [2.24, 2.45) is 5.73 Å². The van der Waals surface area contributed by atoms with Gasteiger partial charge in [-0.2, -0.15) is 0 Å². The fraction of sp³-hybridized carbons (Fsp3) is 0.778. The molecule has 1 aliphatic heterocycles. The number of rotatable bonds is 2. The molecule has 0 amide bonds. The van der Waals surface area contributed by atoms with Gasteiger partial charge in [-0.1, -0.05) is 0 Å². The highest BCUT2D eigenvalue weighted by Crippen LogP contribution is 2.06. The topological polar surface area (TPSA) is 29.3 Å². The van der Waals surface area contributed by atoms with E-state index in [2.05, 4.69) is 16.7 Å². The van der Waals surface area contributed by atoms with Crippen molar-refractivity contribution in [3.8, 4) is 11.8 Å². The summed E-state index contributed by atoms with van der Waals surface area (Å²) in [6.45, 7) is 5.20. The van der Waals surface area contributed by atoms with E-state index in [1.807, 2.05) is 6.92 Å². The highest BCUT2D eigenvalue weighted by atomic mass is 15.2. The molecule has 0 bridgehead atoms. The molecule has 2 heteroatoms. The highest BCUT2D eigenvalue weighted by Gasteiger charge is 2.17. The largest absolute Gasteiger partial charge is 0.326 e. The quantitative estimate of drug-likeness (QED) is 0.581. The van der Waals surface area contributed by atoms with Gasteiger partial charge in [0.2, 0.25) is 0 Å². The predicted octanol–water partition coefficient (Wildman–Crippen LogP) is 0.433. The molecule has 1 aliphatic rings. The van der Waals surface area contributed by atoms with Gasteiger partial charge in [-0.3, -0.25) is 0 Å². The predicted molar refractivity (Wildman–Crippen MR) is 47.1 cm³/mol. The van der Waals surface area contributed by atoms with Gasteiger partial charge in [0.05, 0.1) is 0 Å². The molecule has 2 N–H and O–H groups in total. The van der Waals surface area contributed by atoms with Crippen LogP contribution in [0.3, 0.4) is 0 Å². The second kappa shape index (κ2) is 4.38. The molecule has 2 nitrogen and oxygen atoms in total. The van der Waals surface area contributed by atoms with Crippen LogP contribution in [0.4, 0.5) is 0 Å². The van der Waals surface area contributed by atoms with E-state index in [1.165, 1.54) is 0 Å². The number of likely N-dealkylation sites (tertiary alicyclic amines) is 1. The van der Waals surface area contributed by atoms with E-state index in [0.717, 1.165) is 32.5 Å². The average Bonchev–Trinajstić information content (AvgIpc) is 2.37. The van der Waals surface area contributed by atoms with E-state index >= 15 is 0 Å². The fourth-order valence-corrected chi connectivity index (χ4v) is 1.40. The minimum atomic E-state index is 0.407. The van der Waals surface area contributed by atoms with E-state index in [1.54, 1.807) is 0 Å². The Kier molecular flexibility index (Phi) is 3.41. The molecular weight excluding hydrogens is 136 g/mol. The molecule has 11 heavy (non-hydrogen) atoms. The van der Waals surface area contributed by atoms with Gasteiger partial charge in [0, 0.05) is 25.6 Å². The molecule has 1 rings (SSSR count). The van der Waals surface area contributed by atoms with Crippen LogP contribution in [0.2, 0.25) is 0 Å². The molecule has 0 aromatic carbocycles. The lowest BCUT2D eigenvalue weighted by molar-refractivity contribution is 0.343. The zero-order chi connectivity index (χ0) is 8.10. The summed E-state index contributed by atoms with van der Waals surface area (Å²) in [4.78, 5) is 2.38. The van der Waals surface area contributed by atoms with Crippen molar-refractivity contribution < 1.29 is 0 Å². The Bertz CT molecular complexity index is 166. The van der Waals surface area contributed by atoms with Crippen LogP contribution in [0.25, 0.3) is 0 Å². The van der Waals surface area contributed by atoms with Gasteiger partial charge in [-0.25, -0.2) is 0 Å². The third kappa shape index (κ3) is 2.92. The maximum Gasteiger partial charge on any atom is 0.0216 e. The molecule has 1 fully saturated rings. The summed E-state index contributed by atoms with van der Waals surface area (Å²) in [7, 11) is 0. The maximum absolute atomic E-state index is 5.75. The van der Waals surface area contributed by atoms with Gasteiger partial charge in [0.1, 0.15) is 0 Å². The average molecular weight is 152 g/mol. The van der Waals surface area contributed by atoms with Crippen molar-refractivity contribution in [3.05, 3.63) is 0 Å². The van der Waals surface area contributed by atoms with Crippen LogP contribution in [0.1, 0.15) is 19.8 Å². The van der Waals surface area contributed by atoms with Gasteiger partial charge >= 0.3 is 0 Å². The Balaban J connectivity index is 2.11. The number of nitrogens with two attached hydrogens (primary N) is 1. The van der Waals surface area contributed by atoms with Gasteiger partial charge in [0.25, 0.3) is 0 Å². The number of hydrogen-bond acceptors (Lipinski definition) is 2. The zero-order valence-corrected chi connectivity index (χ0v) is 7.14. The molecule has 1 atom stereocenters. The van der Waals surface area contributed by atoms with Crippen LogP contribution < -0.4 is 5.73 Å². The molecule has 0 saturated carbocycles. The van der Waals surface area contributed by atoms with Crippen LogP contribution in [-0.2, 0) is 0 Å². The Labute approximate surface area is 68.8 Å². The van der Waals surface area contributed by atoms with Crippen molar-refractivity contribution in [2.75, 3.05) is 19.6 Å². The lowest BCUT2D eigenvalue weighted by atomic mass is 10.3. The van der Waals surface area contributed by atoms with Crippen molar-refractivity contribution in [1.29, 1.82) is 0 Å². The number of hydrogen-bond donors (Lipinski definition) is 1. The summed E-state index contributed by atoms with van der Waals surface area (Å²) in [5, 5.41) is 0. The fourth-order valence-electron chi connectivity index (χ4n) is 1.40. The smallest absolute Gasteiger partial charge is 0.0216 e. The molecule has 0 unspecified atom stereocenters. The van der Waals surface area contributed by atoms with E-state index < -0.39 is 0 Å². The van der Waals surface area contributed by atoms with E-state index in [-0.39, 0.29) is 0 Å². The SMILES string of the molecule is CC#CCCN1CC[C@H](N)C1. The first-order valence-electron chi connectivity index (χ1n) is 4.20. The molecule has 0 spiro atoms. The molecular formula is C9H16N2. The number of nitrogens with zero attached hydrogens (tertiary/aromatic N) is 1. The Morgan fingerprint density at radius 3 is 3.00 bits per heavy atom. The summed E-state index contributed by atoms with van der Waals surface area (Å²) in [6.07, 6.45) is 2.14. The first kappa shape index (κ1) is 8.58. The molecule has 62 valence electrons. The summed E-state index contributed by atoms with van der Waals surface area (Å²) in [5.74, 6) is 5.95. The molecule has 0 aromatic heterocycles. The third-order valence-corrected chi connectivity index (χ3v) is 2.04. The van der Waals surface area contributed by atoms with Crippen molar-refractivity contribution >= 4 is 0 Å². The van der Waals surface area contributed by atoms with Crippen LogP contribution in [0.5, 0.6) is 0 Å². The lowest BCUT2D eigenvalue weighted by Gasteiger charge is -2.11. The molecule has 1 saturated heterocycles. The molecule has 1 heterocycles. The van der Waals surface area contributed by atoms with E-state index in [9.17, 15) is 0 Å². The Hall–Kier alpha value is -0.520. The summed E-state index contributed by atoms with van der Waals surface area (Å²) >= 11 is 0. The van der Waals surface area contributed by atoms with Crippen LogP contribution in [0.15, 0.2) is 0 Å². The summed E-state index contributed by atoms with van der Waals surface area (Å²) in [6, 6.07) is 0.407. The lowest BCUT2D eigenvalue weighted by Crippen LogP contribution is -2.27. The van der Waals surface area contributed by atoms with Crippen LogP contribution in [0, 0.1) is 11.8 Å². The maximum atomic E-state index is 5.75. The van der Waals surface area contributed by atoms with Crippen molar-refractivity contribution in [2.45, 2.75) is 25.8 Å². The standard InChI is InChI=1S/C9H16N2/c1-2-3-4-6-11-7-5-9(10)8-11/h9H,4-8,10H2,1H3/t9-/m0/s1. The van der Waals surface area contributed by atoms with Crippen molar-refractivity contribution in [3.63, 3.8) is 0 Å². The molecule has 0 radical (unpaired) electrons. The minimum Gasteiger partial charge on any atom is -0.326 e. The second-order valence-corrected chi connectivity index (χ2v) is 3.03. The van der Waals surface area contributed by atoms with E-state index in [4.69, 9.17) is 5.73 Å². The Morgan fingerprint density at radius 2 is 2.45 bits per heavy atom. The zero-order valence-electron chi connectivity index (χ0n) is 7.14. The molecule has 0 aromatic rings. The van der Waals surface area contributed by atoms with E-state index in [0.29, 0.717) is 6.04 Å². The highest BCUT2D eigenvalue weighted by molar-refractivity contribution is 4.95. The normalized spacial score (nSPS) is 24.7. The first-order valence-corrected chi connectivity index (χ1v) is 4.20. The van der Waals surface area contributed by atoms with Crippen LogP contribution >= 0.6 is 0 Å². The Morgan fingerprint density at radius 1 is 1.64 bits per heavy atom.